The van der Waals surface area contributed by atoms with E-state index in [9.17, 15) is 4.79 Å². The topological polar surface area (TPSA) is 53.4 Å². The zero-order valence-electron chi connectivity index (χ0n) is 10.5. The second kappa shape index (κ2) is 4.91. The van der Waals surface area contributed by atoms with E-state index in [1.165, 1.54) is 4.68 Å². The highest BCUT2D eigenvalue weighted by Gasteiger charge is 2.12. The van der Waals surface area contributed by atoms with Crippen molar-refractivity contribution in [2.45, 2.75) is 0 Å². The first kappa shape index (κ1) is 12.2. The number of carbonyl (C=O) groups excluding carboxylic acids is 1. The molecule has 0 bridgehead atoms. The van der Waals surface area contributed by atoms with Crippen molar-refractivity contribution >= 4 is 6.29 Å². The van der Waals surface area contributed by atoms with Crippen LogP contribution in [-0.4, -0.2) is 30.3 Å². The SMILES string of the molecule is COc1ccc(OC)c(-c2cc(C=O)n(C)n2)c1. The zero-order valence-corrected chi connectivity index (χ0v) is 10.5. The maximum absolute atomic E-state index is 10.8. The Balaban J connectivity index is 2.56. The number of rotatable bonds is 4. The van der Waals surface area contributed by atoms with Gasteiger partial charge in [-0.25, -0.2) is 0 Å². The Hall–Kier alpha value is -2.30. The molecule has 0 saturated carbocycles. The Morgan fingerprint density at radius 2 is 2.00 bits per heavy atom. The first-order valence-corrected chi connectivity index (χ1v) is 5.41. The molecule has 1 heterocycles. The molecule has 5 heteroatoms. The standard InChI is InChI=1S/C13H14N2O3/c1-15-9(8-16)6-12(14-15)11-7-10(17-2)4-5-13(11)18-3/h4-8H,1-3H3. The molecule has 0 saturated heterocycles. The summed E-state index contributed by atoms with van der Waals surface area (Å²) in [5, 5.41) is 4.29. The minimum atomic E-state index is 0.509. The number of hydrogen-bond donors (Lipinski definition) is 0. The molecule has 0 aliphatic heterocycles. The Kier molecular flexibility index (Phi) is 3.32. The lowest BCUT2D eigenvalue weighted by Gasteiger charge is -2.08. The number of methoxy groups -OCH3 is 2. The van der Waals surface area contributed by atoms with Gasteiger partial charge >= 0.3 is 0 Å². The van der Waals surface area contributed by atoms with E-state index in [1.54, 1.807) is 27.3 Å². The van der Waals surface area contributed by atoms with Crippen LogP contribution in [0, 0.1) is 0 Å². The molecule has 18 heavy (non-hydrogen) atoms. The van der Waals surface area contributed by atoms with Crippen LogP contribution >= 0.6 is 0 Å². The molecular formula is C13H14N2O3. The third-order valence-electron chi connectivity index (χ3n) is 2.72. The van der Waals surface area contributed by atoms with Crippen molar-refractivity contribution in [3.63, 3.8) is 0 Å². The second-order valence-corrected chi connectivity index (χ2v) is 3.76. The van der Waals surface area contributed by atoms with Gasteiger partial charge in [0.25, 0.3) is 0 Å². The van der Waals surface area contributed by atoms with Gasteiger partial charge in [0.05, 0.1) is 19.9 Å². The van der Waals surface area contributed by atoms with Crippen LogP contribution in [0.25, 0.3) is 11.3 Å². The van der Waals surface area contributed by atoms with Crippen molar-refractivity contribution < 1.29 is 14.3 Å². The van der Waals surface area contributed by atoms with E-state index < -0.39 is 0 Å². The zero-order chi connectivity index (χ0) is 13.1. The van der Waals surface area contributed by atoms with E-state index in [1.807, 2.05) is 18.2 Å². The van der Waals surface area contributed by atoms with E-state index in [-0.39, 0.29) is 0 Å². The van der Waals surface area contributed by atoms with Crippen LogP contribution < -0.4 is 9.47 Å². The highest BCUT2D eigenvalue weighted by molar-refractivity contribution is 5.77. The molecule has 0 spiro atoms. The first-order chi connectivity index (χ1) is 8.69. The molecule has 94 valence electrons. The van der Waals surface area contributed by atoms with Crippen molar-refractivity contribution in [2.75, 3.05) is 14.2 Å². The van der Waals surface area contributed by atoms with Crippen molar-refractivity contribution in [3.05, 3.63) is 30.0 Å². The smallest absolute Gasteiger partial charge is 0.168 e. The second-order valence-electron chi connectivity index (χ2n) is 3.76. The van der Waals surface area contributed by atoms with Gasteiger partial charge in [-0.15, -0.1) is 0 Å². The van der Waals surface area contributed by atoms with Crippen LogP contribution in [-0.2, 0) is 7.05 Å². The molecule has 1 aromatic heterocycles. The Morgan fingerprint density at radius 1 is 1.22 bits per heavy atom. The fourth-order valence-electron chi connectivity index (χ4n) is 1.74. The van der Waals surface area contributed by atoms with Gasteiger partial charge in [-0.1, -0.05) is 0 Å². The third kappa shape index (κ3) is 2.07. The van der Waals surface area contributed by atoms with E-state index in [0.29, 0.717) is 22.9 Å². The van der Waals surface area contributed by atoms with Crippen molar-refractivity contribution in [1.29, 1.82) is 0 Å². The number of hydrogen-bond acceptors (Lipinski definition) is 4. The summed E-state index contributed by atoms with van der Waals surface area (Å²) in [5.74, 6) is 1.40. The number of carbonyl (C=O) groups is 1. The van der Waals surface area contributed by atoms with Gasteiger partial charge in [-0.3, -0.25) is 9.48 Å². The van der Waals surface area contributed by atoms with Crippen LogP contribution in [0.15, 0.2) is 24.3 Å². The van der Waals surface area contributed by atoms with Gasteiger partial charge in [-0.2, -0.15) is 5.10 Å². The molecule has 1 aromatic carbocycles. The number of nitrogens with zero attached hydrogens (tertiary/aromatic N) is 2. The van der Waals surface area contributed by atoms with E-state index in [0.717, 1.165) is 11.8 Å². The summed E-state index contributed by atoms with van der Waals surface area (Å²) in [4.78, 5) is 10.8. The number of aldehydes is 1. The first-order valence-electron chi connectivity index (χ1n) is 5.41. The van der Waals surface area contributed by atoms with Gasteiger partial charge in [0, 0.05) is 12.6 Å². The lowest BCUT2D eigenvalue weighted by Crippen LogP contribution is -1.96. The van der Waals surface area contributed by atoms with Gasteiger partial charge < -0.3 is 9.47 Å². The molecule has 0 aliphatic rings. The van der Waals surface area contributed by atoms with Crippen molar-refractivity contribution in [2.24, 2.45) is 7.05 Å². The Labute approximate surface area is 105 Å². The van der Waals surface area contributed by atoms with Gasteiger partial charge in [-0.05, 0) is 24.3 Å². The van der Waals surface area contributed by atoms with E-state index in [2.05, 4.69) is 5.10 Å². The summed E-state index contributed by atoms with van der Waals surface area (Å²) in [7, 11) is 4.91. The van der Waals surface area contributed by atoms with Crippen LogP contribution in [0.2, 0.25) is 0 Å². The van der Waals surface area contributed by atoms with E-state index in [4.69, 9.17) is 9.47 Å². The quantitative estimate of drug-likeness (QED) is 0.773. The average molecular weight is 246 g/mol. The molecule has 0 aliphatic carbocycles. The highest BCUT2D eigenvalue weighted by Crippen LogP contribution is 2.32. The molecule has 2 aromatic rings. The maximum atomic E-state index is 10.8. The maximum Gasteiger partial charge on any atom is 0.168 e. The summed E-state index contributed by atoms with van der Waals surface area (Å²) in [6, 6.07) is 7.16. The lowest BCUT2D eigenvalue weighted by molar-refractivity contribution is 0.111. The van der Waals surface area contributed by atoms with Crippen LogP contribution in [0.1, 0.15) is 10.5 Å². The Morgan fingerprint density at radius 3 is 2.56 bits per heavy atom. The Bertz CT molecular complexity index is 576. The monoisotopic (exact) mass is 246 g/mol. The predicted octanol–water partition coefficient (Wildman–Crippen LogP) is 1.92. The van der Waals surface area contributed by atoms with E-state index >= 15 is 0 Å². The molecule has 5 nitrogen and oxygen atoms in total. The number of aryl methyl sites for hydroxylation is 1. The predicted molar refractivity (Wildman–Crippen MR) is 67.1 cm³/mol. The number of ether oxygens (including phenoxy) is 2. The molecule has 0 N–H and O–H groups in total. The average Bonchev–Trinajstić information content (AvgIpc) is 2.79. The van der Waals surface area contributed by atoms with Gasteiger partial charge in [0.2, 0.25) is 0 Å². The minimum Gasteiger partial charge on any atom is -0.497 e. The van der Waals surface area contributed by atoms with Crippen LogP contribution in [0.5, 0.6) is 11.5 Å². The summed E-state index contributed by atoms with van der Waals surface area (Å²) in [6.45, 7) is 0. The lowest BCUT2D eigenvalue weighted by atomic mass is 10.1. The minimum absolute atomic E-state index is 0.509. The van der Waals surface area contributed by atoms with Gasteiger partial charge in [0.15, 0.2) is 6.29 Å². The molecule has 0 amide bonds. The summed E-state index contributed by atoms with van der Waals surface area (Å²) >= 11 is 0. The fraction of sp³-hybridized carbons (Fsp3) is 0.231. The summed E-state index contributed by atoms with van der Waals surface area (Å²) in [6.07, 6.45) is 0.767. The molecule has 0 fully saturated rings. The van der Waals surface area contributed by atoms with Crippen molar-refractivity contribution in [3.8, 4) is 22.8 Å². The molecule has 0 unspecified atom stereocenters. The summed E-state index contributed by atoms with van der Waals surface area (Å²) in [5.41, 5.74) is 1.98. The normalized spacial score (nSPS) is 10.2. The van der Waals surface area contributed by atoms with Crippen LogP contribution in [0.3, 0.4) is 0 Å². The van der Waals surface area contributed by atoms with Crippen molar-refractivity contribution in [1.82, 2.24) is 9.78 Å². The number of benzene rings is 1. The molecule has 2 rings (SSSR count). The molecule has 0 atom stereocenters. The molecular weight excluding hydrogens is 232 g/mol. The third-order valence-corrected chi connectivity index (χ3v) is 2.72. The highest BCUT2D eigenvalue weighted by atomic mass is 16.5. The van der Waals surface area contributed by atoms with Crippen LogP contribution in [0.4, 0.5) is 0 Å². The molecule has 0 radical (unpaired) electrons. The number of aromatic nitrogens is 2. The van der Waals surface area contributed by atoms with Gasteiger partial charge in [0.1, 0.15) is 17.2 Å². The largest absolute Gasteiger partial charge is 0.497 e. The fourth-order valence-corrected chi connectivity index (χ4v) is 1.74. The summed E-state index contributed by atoms with van der Waals surface area (Å²) < 4.78 is 12.0.